The Balaban J connectivity index is 2.49. The van der Waals surface area contributed by atoms with E-state index < -0.39 is 0 Å². The van der Waals surface area contributed by atoms with E-state index in [9.17, 15) is 5.26 Å². The van der Waals surface area contributed by atoms with Crippen LogP contribution in [0.2, 0.25) is 0 Å². The van der Waals surface area contributed by atoms with Crippen LogP contribution in [-0.4, -0.2) is 35.2 Å². The van der Waals surface area contributed by atoms with Crippen LogP contribution in [0, 0.1) is 18.3 Å². The molecule has 0 radical (unpaired) electrons. The van der Waals surface area contributed by atoms with Gasteiger partial charge in [-0.05, 0) is 37.0 Å². The fourth-order valence-electron chi connectivity index (χ4n) is 1.95. The smallest absolute Gasteiger partial charge is 0.189 e. The van der Waals surface area contributed by atoms with Gasteiger partial charge in [-0.1, -0.05) is 23.9 Å². The minimum Gasteiger partial charge on any atom is -0.383 e. The number of benzene rings is 1. The van der Waals surface area contributed by atoms with E-state index >= 15 is 0 Å². The Morgan fingerprint density at radius 3 is 2.70 bits per heavy atom. The van der Waals surface area contributed by atoms with E-state index in [4.69, 9.17) is 0 Å². The molecular formula is C17H19N5S. The minimum atomic E-state index is 0.433. The van der Waals surface area contributed by atoms with Crippen molar-refractivity contribution in [2.45, 2.75) is 12.1 Å². The van der Waals surface area contributed by atoms with Crippen LogP contribution in [0.4, 0.5) is 11.5 Å². The van der Waals surface area contributed by atoms with Gasteiger partial charge in [0, 0.05) is 26.0 Å². The van der Waals surface area contributed by atoms with Gasteiger partial charge in [-0.25, -0.2) is 9.97 Å². The zero-order valence-electron chi connectivity index (χ0n) is 13.7. The molecular weight excluding hydrogens is 306 g/mol. The first-order valence-corrected chi connectivity index (χ1v) is 8.30. The van der Waals surface area contributed by atoms with E-state index in [1.807, 2.05) is 68.7 Å². The van der Waals surface area contributed by atoms with Crippen molar-refractivity contribution in [3.8, 4) is 6.07 Å². The van der Waals surface area contributed by atoms with E-state index in [2.05, 4.69) is 21.4 Å². The van der Waals surface area contributed by atoms with E-state index in [0.717, 1.165) is 11.3 Å². The lowest BCUT2D eigenvalue weighted by Crippen LogP contribution is -2.05. The van der Waals surface area contributed by atoms with Crippen LogP contribution in [0.3, 0.4) is 0 Å². The van der Waals surface area contributed by atoms with Crippen molar-refractivity contribution in [3.63, 3.8) is 0 Å². The highest BCUT2D eigenvalue weighted by Crippen LogP contribution is 2.24. The molecule has 1 aromatic carbocycles. The third-order valence-electron chi connectivity index (χ3n) is 3.02. The lowest BCUT2D eigenvalue weighted by atomic mass is 10.2. The molecule has 0 fully saturated rings. The topological polar surface area (TPSA) is 64.8 Å². The van der Waals surface area contributed by atoms with E-state index in [0.29, 0.717) is 22.2 Å². The molecule has 1 N–H and O–H groups in total. The Bertz CT molecular complexity index is 762. The van der Waals surface area contributed by atoms with Crippen LogP contribution in [0.25, 0.3) is 6.08 Å². The number of hydrogen-bond acceptors (Lipinski definition) is 6. The summed E-state index contributed by atoms with van der Waals surface area (Å²) < 4.78 is 0. The molecule has 1 aromatic heterocycles. The van der Waals surface area contributed by atoms with Crippen LogP contribution in [0.15, 0.2) is 35.6 Å². The first-order valence-electron chi connectivity index (χ1n) is 7.08. The molecule has 0 aliphatic rings. The quantitative estimate of drug-likeness (QED) is 0.668. The predicted molar refractivity (Wildman–Crippen MR) is 95.7 cm³/mol. The molecule has 5 nitrogen and oxygen atoms in total. The zero-order chi connectivity index (χ0) is 16.8. The number of nitrogens with one attached hydrogen (secondary N) is 1. The zero-order valence-corrected chi connectivity index (χ0v) is 14.5. The molecule has 118 valence electrons. The average molecular weight is 325 g/mol. The van der Waals surface area contributed by atoms with Gasteiger partial charge < -0.3 is 10.2 Å². The van der Waals surface area contributed by atoms with Gasteiger partial charge in [0.05, 0.1) is 5.69 Å². The Morgan fingerprint density at radius 2 is 2.09 bits per heavy atom. The van der Waals surface area contributed by atoms with Crippen molar-refractivity contribution in [1.82, 2.24) is 14.9 Å². The monoisotopic (exact) mass is 325 g/mol. The second-order valence-electron chi connectivity index (χ2n) is 5.20. The molecule has 0 aliphatic carbocycles. The first-order chi connectivity index (χ1) is 11.0. The predicted octanol–water partition coefficient (Wildman–Crippen LogP) is 3.65. The molecule has 0 saturated carbocycles. The van der Waals surface area contributed by atoms with Crippen LogP contribution in [0.5, 0.6) is 0 Å². The van der Waals surface area contributed by atoms with Crippen LogP contribution >= 0.6 is 11.8 Å². The van der Waals surface area contributed by atoms with Crippen LogP contribution in [0.1, 0.15) is 16.8 Å². The average Bonchev–Trinajstić information content (AvgIpc) is 2.52. The van der Waals surface area contributed by atoms with Gasteiger partial charge in [0.15, 0.2) is 11.0 Å². The number of nitriles is 1. The highest BCUT2D eigenvalue weighted by molar-refractivity contribution is 7.98. The molecule has 0 unspecified atom stereocenters. The molecule has 0 aliphatic heterocycles. The maximum absolute atomic E-state index is 9.54. The number of rotatable bonds is 5. The van der Waals surface area contributed by atoms with Crippen molar-refractivity contribution >= 4 is 29.3 Å². The molecule has 2 rings (SSSR count). The number of aromatic nitrogens is 2. The maximum Gasteiger partial charge on any atom is 0.189 e. The molecule has 0 saturated heterocycles. The lowest BCUT2D eigenvalue weighted by Gasteiger charge is -2.11. The van der Waals surface area contributed by atoms with E-state index in [-0.39, 0.29) is 0 Å². The van der Waals surface area contributed by atoms with Gasteiger partial charge in [0.25, 0.3) is 0 Å². The molecule has 23 heavy (non-hydrogen) atoms. The summed E-state index contributed by atoms with van der Waals surface area (Å²) in [6.45, 7) is 2.02. The number of hydrogen-bond donors (Lipinski definition) is 1. The van der Waals surface area contributed by atoms with Crippen molar-refractivity contribution in [2.75, 3.05) is 25.7 Å². The minimum absolute atomic E-state index is 0.433. The summed E-state index contributed by atoms with van der Waals surface area (Å²) in [4.78, 5) is 10.8. The van der Waals surface area contributed by atoms with Crippen molar-refractivity contribution in [1.29, 1.82) is 5.26 Å². The molecule has 6 heteroatoms. The van der Waals surface area contributed by atoms with Gasteiger partial charge in [0.2, 0.25) is 0 Å². The molecule has 2 aromatic rings. The van der Waals surface area contributed by atoms with Crippen molar-refractivity contribution in [3.05, 3.63) is 47.3 Å². The standard InChI is InChI=1S/C17H19N5S/c1-12-6-5-7-13(10-12)19-16-14(11-18)15(8-9-22(2)3)20-17(21-16)23-4/h5-10H,1-4H3,(H,19,20,21)/b9-8+. The second-order valence-corrected chi connectivity index (χ2v) is 5.98. The number of nitrogens with zero attached hydrogens (tertiary/aromatic N) is 4. The third-order valence-corrected chi connectivity index (χ3v) is 3.57. The summed E-state index contributed by atoms with van der Waals surface area (Å²) in [6.07, 6.45) is 5.60. The van der Waals surface area contributed by atoms with Crippen molar-refractivity contribution in [2.24, 2.45) is 0 Å². The van der Waals surface area contributed by atoms with Gasteiger partial charge in [-0.3, -0.25) is 0 Å². The normalized spacial score (nSPS) is 10.6. The van der Waals surface area contributed by atoms with E-state index in [1.54, 1.807) is 0 Å². The molecule has 0 bridgehead atoms. The largest absolute Gasteiger partial charge is 0.383 e. The number of thioether (sulfide) groups is 1. The van der Waals surface area contributed by atoms with E-state index in [1.165, 1.54) is 11.8 Å². The highest BCUT2D eigenvalue weighted by atomic mass is 32.2. The number of aryl methyl sites for hydroxylation is 1. The second kappa shape index (κ2) is 7.65. The summed E-state index contributed by atoms with van der Waals surface area (Å²) in [6, 6.07) is 10.2. The van der Waals surface area contributed by atoms with Gasteiger partial charge >= 0.3 is 0 Å². The summed E-state index contributed by atoms with van der Waals surface area (Å²) in [5.74, 6) is 0.524. The molecule has 0 atom stereocenters. The summed E-state index contributed by atoms with van der Waals surface area (Å²) in [5, 5.41) is 13.4. The summed E-state index contributed by atoms with van der Waals surface area (Å²) in [7, 11) is 3.84. The Kier molecular flexibility index (Phi) is 5.61. The SMILES string of the molecule is CSc1nc(/C=C/N(C)C)c(C#N)c(Nc2cccc(C)c2)n1. The van der Waals surface area contributed by atoms with Crippen LogP contribution < -0.4 is 5.32 Å². The van der Waals surface area contributed by atoms with Crippen LogP contribution in [-0.2, 0) is 0 Å². The first kappa shape index (κ1) is 16.8. The molecule has 0 spiro atoms. The Labute approximate surface area is 141 Å². The maximum atomic E-state index is 9.54. The van der Waals surface area contributed by atoms with Gasteiger partial charge in [-0.2, -0.15) is 5.26 Å². The lowest BCUT2D eigenvalue weighted by molar-refractivity contribution is 0.567. The molecule has 1 heterocycles. The fourth-order valence-corrected chi connectivity index (χ4v) is 2.32. The van der Waals surface area contributed by atoms with Gasteiger partial charge in [0.1, 0.15) is 11.6 Å². The van der Waals surface area contributed by atoms with Crippen molar-refractivity contribution < 1.29 is 0 Å². The van der Waals surface area contributed by atoms with Gasteiger partial charge in [-0.15, -0.1) is 0 Å². The number of anilines is 2. The third kappa shape index (κ3) is 4.47. The Hall–Kier alpha value is -2.52. The molecule has 0 amide bonds. The summed E-state index contributed by atoms with van der Waals surface area (Å²) >= 11 is 1.45. The fraction of sp³-hybridized carbons (Fsp3) is 0.235. The summed E-state index contributed by atoms with van der Waals surface area (Å²) in [5.41, 5.74) is 3.08. The highest BCUT2D eigenvalue weighted by Gasteiger charge is 2.13. The Morgan fingerprint density at radius 1 is 1.30 bits per heavy atom.